The standard InChI is InChI=1S/C17H19NO3S/c1-17(2)11-10-13-12-14(8-9-16(13)21-17)18-22(19,20)15-6-4-3-5-7-15/h3-9,12,18H,10-11H2,1-2H3. The summed E-state index contributed by atoms with van der Waals surface area (Å²) in [7, 11) is -3.55. The summed E-state index contributed by atoms with van der Waals surface area (Å²) < 4.78 is 33.2. The van der Waals surface area contributed by atoms with Crippen LogP contribution in [0.3, 0.4) is 0 Å². The highest BCUT2D eigenvalue weighted by molar-refractivity contribution is 7.92. The second-order valence-corrected chi connectivity index (χ2v) is 7.79. The molecule has 2 aromatic carbocycles. The van der Waals surface area contributed by atoms with Crippen molar-refractivity contribution in [1.82, 2.24) is 0 Å². The molecular weight excluding hydrogens is 298 g/mol. The first kappa shape index (κ1) is 14.9. The molecule has 1 aliphatic heterocycles. The van der Waals surface area contributed by atoms with Crippen LogP contribution in [0.5, 0.6) is 5.75 Å². The molecule has 2 aromatic rings. The maximum Gasteiger partial charge on any atom is 0.261 e. The van der Waals surface area contributed by atoms with Crippen LogP contribution in [-0.4, -0.2) is 14.0 Å². The molecule has 0 unspecified atom stereocenters. The predicted octanol–water partition coefficient (Wildman–Crippen LogP) is 3.59. The highest BCUT2D eigenvalue weighted by Gasteiger charge is 2.26. The maximum atomic E-state index is 12.3. The number of anilines is 1. The van der Waals surface area contributed by atoms with Gasteiger partial charge in [0.1, 0.15) is 11.4 Å². The molecule has 0 aromatic heterocycles. The normalized spacial score (nSPS) is 16.5. The average Bonchev–Trinajstić information content (AvgIpc) is 2.47. The van der Waals surface area contributed by atoms with Gasteiger partial charge in [0.25, 0.3) is 10.0 Å². The lowest BCUT2D eigenvalue weighted by atomic mass is 9.94. The number of sulfonamides is 1. The summed E-state index contributed by atoms with van der Waals surface area (Å²) >= 11 is 0. The largest absolute Gasteiger partial charge is 0.488 e. The van der Waals surface area contributed by atoms with E-state index in [1.54, 1.807) is 36.4 Å². The van der Waals surface area contributed by atoms with Gasteiger partial charge in [-0.3, -0.25) is 4.72 Å². The summed E-state index contributed by atoms with van der Waals surface area (Å²) in [5, 5.41) is 0. The van der Waals surface area contributed by atoms with E-state index >= 15 is 0 Å². The molecule has 0 bridgehead atoms. The number of fused-ring (bicyclic) bond motifs is 1. The Kier molecular flexibility index (Phi) is 3.60. The minimum Gasteiger partial charge on any atom is -0.488 e. The number of ether oxygens (including phenoxy) is 1. The quantitative estimate of drug-likeness (QED) is 0.941. The lowest BCUT2D eigenvalue weighted by molar-refractivity contribution is 0.0847. The monoisotopic (exact) mass is 317 g/mol. The van der Waals surface area contributed by atoms with Crippen LogP contribution in [0.25, 0.3) is 0 Å². The van der Waals surface area contributed by atoms with Crippen LogP contribution in [-0.2, 0) is 16.4 Å². The zero-order valence-electron chi connectivity index (χ0n) is 12.7. The Morgan fingerprint density at radius 3 is 2.55 bits per heavy atom. The van der Waals surface area contributed by atoms with Gasteiger partial charge < -0.3 is 4.74 Å². The molecule has 22 heavy (non-hydrogen) atoms. The highest BCUT2D eigenvalue weighted by Crippen LogP contribution is 2.34. The lowest BCUT2D eigenvalue weighted by Crippen LogP contribution is -2.32. The van der Waals surface area contributed by atoms with E-state index in [1.807, 2.05) is 12.1 Å². The summed E-state index contributed by atoms with van der Waals surface area (Å²) in [5.41, 5.74) is 1.43. The van der Waals surface area contributed by atoms with E-state index in [1.165, 1.54) is 0 Å². The van der Waals surface area contributed by atoms with Crippen molar-refractivity contribution in [3.8, 4) is 5.75 Å². The fourth-order valence-electron chi connectivity index (χ4n) is 2.54. The molecule has 3 rings (SSSR count). The zero-order valence-corrected chi connectivity index (χ0v) is 13.5. The van der Waals surface area contributed by atoms with Crippen LogP contribution in [0.1, 0.15) is 25.8 Å². The van der Waals surface area contributed by atoms with Gasteiger partial charge in [0.2, 0.25) is 0 Å². The molecule has 0 fully saturated rings. The van der Waals surface area contributed by atoms with E-state index in [2.05, 4.69) is 18.6 Å². The molecule has 1 heterocycles. The number of aryl methyl sites for hydroxylation is 1. The van der Waals surface area contributed by atoms with Gasteiger partial charge in [-0.1, -0.05) is 18.2 Å². The third kappa shape index (κ3) is 3.09. The first-order valence-electron chi connectivity index (χ1n) is 7.26. The van der Waals surface area contributed by atoms with Gasteiger partial charge in [0.15, 0.2) is 0 Å². The Balaban J connectivity index is 1.86. The van der Waals surface area contributed by atoms with E-state index in [0.29, 0.717) is 5.69 Å². The highest BCUT2D eigenvalue weighted by atomic mass is 32.2. The number of benzene rings is 2. The van der Waals surface area contributed by atoms with Crippen LogP contribution in [0.15, 0.2) is 53.4 Å². The number of nitrogens with one attached hydrogen (secondary N) is 1. The Labute approximate surface area is 131 Å². The molecule has 0 saturated carbocycles. The van der Waals surface area contributed by atoms with Crippen LogP contribution in [0.4, 0.5) is 5.69 Å². The third-order valence-electron chi connectivity index (χ3n) is 3.75. The van der Waals surface area contributed by atoms with Gasteiger partial charge in [0, 0.05) is 5.69 Å². The van der Waals surface area contributed by atoms with Gasteiger partial charge in [0.05, 0.1) is 4.90 Å². The molecule has 0 amide bonds. The number of hydrogen-bond donors (Lipinski definition) is 1. The smallest absolute Gasteiger partial charge is 0.261 e. The fraction of sp³-hybridized carbons (Fsp3) is 0.294. The van der Waals surface area contributed by atoms with E-state index in [4.69, 9.17) is 4.74 Å². The Morgan fingerprint density at radius 2 is 1.82 bits per heavy atom. The van der Waals surface area contributed by atoms with Crippen molar-refractivity contribution in [3.05, 3.63) is 54.1 Å². The van der Waals surface area contributed by atoms with Gasteiger partial charge >= 0.3 is 0 Å². The van der Waals surface area contributed by atoms with E-state index in [-0.39, 0.29) is 10.5 Å². The molecule has 0 aliphatic carbocycles. The molecule has 0 saturated heterocycles. The first-order chi connectivity index (χ1) is 10.4. The van der Waals surface area contributed by atoms with Crippen molar-refractivity contribution in [1.29, 1.82) is 0 Å². The van der Waals surface area contributed by atoms with Gasteiger partial charge in [-0.2, -0.15) is 0 Å². The topological polar surface area (TPSA) is 55.4 Å². The van der Waals surface area contributed by atoms with Crippen LogP contribution < -0.4 is 9.46 Å². The lowest BCUT2D eigenvalue weighted by Gasteiger charge is -2.32. The molecule has 1 N–H and O–H groups in total. The second kappa shape index (κ2) is 5.32. The van der Waals surface area contributed by atoms with Crippen molar-refractivity contribution in [2.75, 3.05) is 4.72 Å². The number of rotatable bonds is 3. The van der Waals surface area contributed by atoms with Crippen molar-refractivity contribution in [3.63, 3.8) is 0 Å². The van der Waals surface area contributed by atoms with E-state index in [0.717, 1.165) is 24.2 Å². The van der Waals surface area contributed by atoms with Crippen molar-refractivity contribution < 1.29 is 13.2 Å². The van der Waals surface area contributed by atoms with Gasteiger partial charge in [-0.25, -0.2) is 8.42 Å². The van der Waals surface area contributed by atoms with Gasteiger partial charge in [-0.05, 0) is 62.6 Å². The van der Waals surface area contributed by atoms with Crippen LogP contribution >= 0.6 is 0 Å². The third-order valence-corrected chi connectivity index (χ3v) is 5.15. The van der Waals surface area contributed by atoms with Crippen LogP contribution in [0.2, 0.25) is 0 Å². The van der Waals surface area contributed by atoms with E-state index < -0.39 is 10.0 Å². The molecule has 0 spiro atoms. The van der Waals surface area contributed by atoms with Crippen LogP contribution in [0, 0.1) is 0 Å². The molecule has 0 atom stereocenters. The Hall–Kier alpha value is -2.01. The molecule has 5 heteroatoms. The fourth-order valence-corrected chi connectivity index (χ4v) is 3.61. The summed E-state index contributed by atoms with van der Waals surface area (Å²) in [6.07, 6.45) is 1.79. The molecular formula is C17H19NO3S. The maximum absolute atomic E-state index is 12.3. The SMILES string of the molecule is CC1(C)CCc2cc(NS(=O)(=O)c3ccccc3)ccc2O1. The summed E-state index contributed by atoms with van der Waals surface area (Å²) in [6, 6.07) is 13.8. The minimum absolute atomic E-state index is 0.169. The molecule has 4 nitrogen and oxygen atoms in total. The molecule has 1 aliphatic rings. The summed E-state index contributed by atoms with van der Waals surface area (Å²) in [4.78, 5) is 0.255. The van der Waals surface area contributed by atoms with E-state index in [9.17, 15) is 8.42 Å². The Morgan fingerprint density at radius 1 is 1.09 bits per heavy atom. The van der Waals surface area contributed by atoms with Gasteiger partial charge in [-0.15, -0.1) is 0 Å². The first-order valence-corrected chi connectivity index (χ1v) is 8.74. The second-order valence-electron chi connectivity index (χ2n) is 6.10. The molecule has 0 radical (unpaired) electrons. The van der Waals surface area contributed by atoms with Crippen molar-refractivity contribution >= 4 is 15.7 Å². The van der Waals surface area contributed by atoms with Crippen molar-refractivity contribution in [2.45, 2.75) is 37.2 Å². The molecule has 116 valence electrons. The summed E-state index contributed by atoms with van der Waals surface area (Å²) in [5.74, 6) is 0.832. The number of hydrogen-bond acceptors (Lipinski definition) is 3. The van der Waals surface area contributed by atoms with Crippen molar-refractivity contribution in [2.24, 2.45) is 0 Å². The minimum atomic E-state index is -3.55. The average molecular weight is 317 g/mol. The summed E-state index contributed by atoms with van der Waals surface area (Å²) in [6.45, 7) is 4.12. The Bertz CT molecular complexity index is 783. The zero-order chi connectivity index (χ0) is 15.8. The predicted molar refractivity (Wildman–Crippen MR) is 86.7 cm³/mol.